The van der Waals surface area contributed by atoms with Gasteiger partial charge in [0.25, 0.3) is 0 Å². The highest BCUT2D eigenvalue weighted by molar-refractivity contribution is 5.80. The zero-order chi connectivity index (χ0) is 14.5. The Labute approximate surface area is 120 Å². The summed E-state index contributed by atoms with van der Waals surface area (Å²) in [5.41, 5.74) is 0. The van der Waals surface area contributed by atoms with Crippen molar-refractivity contribution < 1.29 is 14.7 Å². The fraction of sp³-hybridized carbons (Fsp3) is 0.867. The quantitative estimate of drug-likeness (QED) is 0.726. The van der Waals surface area contributed by atoms with Gasteiger partial charge in [0, 0.05) is 12.6 Å². The molecule has 2 N–H and O–H groups in total. The first-order valence-electron chi connectivity index (χ1n) is 7.88. The van der Waals surface area contributed by atoms with Gasteiger partial charge < -0.3 is 10.4 Å². The van der Waals surface area contributed by atoms with Crippen molar-refractivity contribution in [1.82, 2.24) is 10.2 Å². The van der Waals surface area contributed by atoms with Crippen LogP contribution >= 0.6 is 0 Å². The van der Waals surface area contributed by atoms with Crippen molar-refractivity contribution in [2.75, 3.05) is 13.1 Å². The van der Waals surface area contributed by atoms with E-state index in [0.717, 1.165) is 32.1 Å². The Balaban J connectivity index is 1.94. The summed E-state index contributed by atoms with van der Waals surface area (Å²) in [6, 6.07) is -0.179. The molecule has 3 atom stereocenters. The normalized spacial score (nSPS) is 29.9. The van der Waals surface area contributed by atoms with Crippen molar-refractivity contribution in [3.8, 4) is 0 Å². The number of nitrogens with zero attached hydrogens (tertiary/aromatic N) is 1. The summed E-state index contributed by atoms with van der Waals surface area (Å²) in [6.07, 6.45) is 7.24. The number of aliphatic carboxylic acids is 1. The van der Waals surface area contributed by atoms with E-state index in [2.05, 4.69) is 12.2 Å². The average molecular weight is 282 g/mol. The van der Waals surface area contributed by atoms with Gasteiger partial charge >= 0.3 is 5.97 Å². The summed E-state index contributed by atoms with van der Waals surface area (Å²) < 4.78 is 0. The molecule has 0 bridgehead atoms. The van der Waals surface area contributed by atoms with Crippen molar-refractivity contribution in [2.24, 2.45) is 5.92 Å². The topological polar surface area (TPSA) is 69.6 Å². The van der Waals surface area contributed by atoms with E-state index < -0.39 is 12.0 Å². The van der Waals surface area contributed by atoms with Crippen LogP contribution in [0, 0.1) is 5.92 Å². The van der Waals surface area contributed by atoms with Gasteiger partial charge in [-0.2, -0.15) is 0 Å². The van der Waals surface area contributed by atoms with Crippen LogP contribution in [-0.2, 0) is 9.59 Å². The number of hydrogen-bond donors (Lipinski definition) is 2. The van der Waals surface area contributed by atoms with Crippen LogP contribution in [0.4, 0.5) is 0 Å². The molecular weight excluding hydrogens is 256 g/mol. The van der Waals surface area contributed by atoms with E-state index in [0.29, 0.717) is 24.9 Å². The lowest BCUT2D eigenvalue weighted by atomic mass is 9.85. The Kier molecular flexibility index (Phi) is 5.40. The Morgan fingerprint density at radius 1 is 1.30 bits per heavy atom. The Morgan fingerprint density at radius 2 is 2.05 bits per heavy atom. The third-order valence-corrected chi connectivity index (χ3v) is 4.69. The number of carboxylic acid groups (broad SMARTS) is 1. The SMILES string of the molecule is CCCCNC(=O)CN1[C@H](C(=O)O)C[C@@H]2CCCC[C@@H]21. The standard InChI is InChI=1S/C15H26N2O3/c1-2-3-8-16-14(18)10-17-12-7-5-4-6-11(12)9-13(17)15(19)20/h11-13H,2-10H2,1H3,(H,16,18)(H,19,20)/t11-,12-,13-/m0/s1. The van der Waals surface area contributed by atoms with Gasteiger partial charge in [-0.05, 0) is 31.6 Å². The largest absolute Gasteiger partial charge is 0.480 e. The molecule has 1 saturated heterocycles. The van der Waals surface area contributed by atoms with E-state index in [1.165, 1.54) is 6.42 Å². The van der Waals surface area contributed by atoms with Gasteiger partial charge in [0.05, 0.1) is 6.54 Å². The maximum Gasteiger partial charge on any atom is 0.320 e. The predicted octanol–water partition coefficient (Wildman–Crippen LogP) is 1.62. The number of hydrogen-bond acceptors (Lipinski definition) is 3. The molecule has 0 spiro atoms. The highest BCUT2D eigenvalue weighted by Crippen LogP contribution is 2.39. The summed E-state index contributed by atoms with van der Waals surface area (Å²) in [4.78, 5) is 25.3. The lowest BCUT2D eigenvalue weighted by Gasteiger charge is -2.32. The van der Waals surface area contributed by atoms with Gasteiger partial charge in [0.1, 0.15) is 6.04 Å². The predicted molar refractivity (Wildman–Crippen MR) is 76.4 cm³/mol. The summed E-state index contributed by atoms with van der Waals surface area (Å²) in [5, 5.41) is 12.3. The van der Waals surface area contributed by atoms with E-state index in [-0.39, 0.29) is 12.5 Å². The summed E-state index contributed by atoms with van der Waals surface area (Å²) >= 11 is 0. The summed E-state index contributed by atoms with van der Waals surface area (Å²) in [6.45, 7) is 3.01. The maximum absolute atomic E-state index is 12.0. The molecule has 0 aromatic rings. The van der Waals surface area contributed by atoms with Crippen molar-refractivity contribution in [3.63, 3.8) is 0 Å². The maximum atomic E-state index is 12.0. The number of likely N-dealkylation sites (tertiary alicyclic amines) is 1. The minimum Gasteiger partial charge on any atom is -0.480 e. The monoisotopic (exact) mass is 282 g/mol. The van der Waals surface area contributed by atoms with Gasteiger partial charge in [-0.3, -0.25) is 14.5 Å². The molecule has 1 aliphatic carbocycles. The zero-order valence-electron chi connectivity index (χ0n) is 12.3. The molecule has 5 nitrogen and oxygen atoms in total. The minimum absolute atomic E-state index is 0.0316. The molecule has 1 saturated carbocycles. The fourth-order valence-electron chi connectivity index (χ4n) is 3.65. The number of fused-ring (bicyclic) bond motifs is 1. The zero-order valence-corrected chi connectivity index (χ0v) is 12.3. The molecular formula is C15H26N2O3. The van der Waals surface area contributed by atoms with Crippen LogP contribution in [0.25, 0.3) is 0 Å². The van der Waals surface area contributed by atoms with Crippen LogP contribution in [0.1, 0.15) is 51.9 Å². The van der Waals surface area contributed by atoms with Gasteiger partial charge in [0.2, 0.25) is 5.91 Å². The van der Waals surface area contributed by atoms with Crippen LogP contribution < -0.4 is 5.32 Å². The lowest BCUT2D eigenvalue weighted by Crippen LogP contribution is -2.47. The van der Waals surface area contributed by atoms with Crippen molar-refractivity contribution in [2.45, 2.75) is 64.0 Å². The number of carbonyl (C=O) groups excluding carboxylic acids is 1. The van der Waals surface area contributed by atoms with Gasteiger partial charge in [-0.25, -0.2) is 0 Å². The fourth-order valence-corrected chi connectivity index (χ4v) is 3.65. The van der Waals surface area contributed by atoms with E-state index in [1.807, 2.05) is 4.90 Å². The number of amides is 1. The van der Waals surface area contributed by atoms with Crippen molar-refractivity contribution in [3.05, 3.63) is 0 Å². The molecule has 0 unspecified atom stereocenters. The molecule has 0 aromatic heterocycles. The Hall–Kier alpha value is -1.10. The molecule has 0 radical (unpaired) electrons. The van der Waals surface area contributed by atoms with E-state index in [4.69, 9.17) is 0 Å². The second-order valence-electron chi connectivity index (χ2n) is 6.08. The highest BCUT2D eigenvalue weighted by atomic mass is 16.4. The van der Waals surface area contributed by atoms with Crippen LogP contribution in [0.3, 0.4) is 0 Å². The van der Waals surface area contributed by atoms with Crippen molar-refractivity contribution >= 4 is 11.9 Å². The van der Waals surface area contributed by atoms with Crippen molar-refractivity contribution in [1.29, 1.82) is 0 Å². The first kappa shape index (κ1) is 15.3. The van der Waals surface area contributed by atoms with Crippen LogP contribution in [0.2, 0.25) is 0 Å². The molecule has 2 aliphatic rings. The second-order valence-corrected chi connectivity index (χ2v) is 6.08. The molecule has 5 heteroatoms. The summed E-state index contributed by atoms with van der Waals surface area (Å²) in [5.74, 6) is -0.343. The average Bonchev–Trinajstić information content (AvgIpc) is 2.78. The van der Waals surface area contributed by atoms with E-state index in [9.17, 15) is 14.7 Å². The highest BCUT2D eigenvalue weighted by Gasteiger charge is 2.45. The molecule has 1 heterocycles. The first-order chi connectivity index (χ1) is 9.63. The Morgan fingerprint density at radius 3 is 2.75 bits per heavy atom. The first-order valence-corrected chi connectivity index (χ1v) is 7.88. The third kappa shape index (κ3) is 3.51. The number of carbonyl (C=O) groups is 2. The Bertz CT molecular complexity index is 359. The minimum atomic E-state index is -0.777. The van der Waals surface area contributed by atoms with Crippen LogP contribution in [0.5, 0.6) is 0 Å². The molecule has 2 rings (SSSR count). The van der Waals surface area contributed by atoms with E-state index >= 15 is 0 Å². The van der Waals surface area contributed by atoms with Crippen LogP contribution in [-0.4, -0.2) is 47.1 Å². The lowest BCUT2D eigenvalue weighted by molar-refractivity contribution is -0.143. The van der Waals surface area contributed by atoms with Gasteiger partial charge in [-0.15, -0.1) is 0 Å². The number of rotatable bonds is 6. The molecule has 2 fully saturated rings. The number of carboxylic acids is 1. The molecule has 1 aliphatic heterocycles. The molecule has 0 aromatic carbocycles. The molecule has 1 amide bonds. The van der Waals surface area contributed by atoms with Gasteiger partial charge in [-0.1, -0.05) is 26.2 Å². The summed E-state index contributed by atoms with van der Waals surface area (Å²) in [7, 11) is 0. The number of unbranched alkanes of at least 4 members (excludes halogenated alkanes) is 1. The van der Waals surface area contributed by atoms with E-state index in [1.54, 1.807) is 0 Å². The van der Waals surface area contributed by atoms with Gasteiger partial charge in [0.15, 0.2) is 0 Å². The second kappa shape index (κ2) is 7.07. The van der Waals surface area contributed by atoms with Crippen LogP contribution in [0.15, 0.2) is 0 Å². The molecule has 114 valence electrons. The smallest absolute Gasteiger partial charge is 0.320 e. The number of nitrogens with one attached hydrogen (secondary N) is 1. The molecule has 20 heavy (non-hydrogen) atoms. The third-order valence-electron chi connectivity index (χ3n) is 4.69.